The molecule has 1 saturated heterocycles. The van der Waals surface area contributed by atoms with E-state index >= 15 is 0 Å². The molecule has 1 N–H and O–H groups in total. The highest BCUT2D eigenvalue weighted by Gasteiger charge is 2.45. The molecule has 0 bridgehead atoms. The standard InChI is InChI=1S/C13H25IN2O2Si.C8H18BNO3Si/c1-9(2)11-13(18-4)15-10(12(16-11)17-3)7-19(5,6)8-14;1-9(12)10-6-14(3,4)5-7(10)8(11)13-2/h9-11H,7-8H2,1-6H3;7,12H,5-6H2,1-4H3/t10-,11+;7-/m00/s1. The Labute approximate surface area is 216 Å². The summed E-state index contributed by atoms with van der Waals surface area (Å²) in [6.07, 6.45) is 0.866. The largest absolute Gasteiger partial charge is 0.483 e. The van der Waals surface area contributed by atoms with Gasteiger partial charge >= 0.3 is 13.0 Å². The van der Waals surface area contributed by atoms with Crippen molar-refractivity contribution in [3.63, 3.8) is 0 Å². The van der Waals surface area contributed by atoms with Crippen LogP contribution in [0, 0.1) is 5.92 Å². The number of halogens is 1. The predicted molar refractivity (Wildman–Crippen MR) is 151 cm³/mol. The molecule has 8 nitrogen and oxygen atoms in total. The number of rotatable bonds is 6. The minimum Gasteiger partial charge on any atom is -0.483 e. The van der Waals surface area contributed by atoms with Crippen LogP contribution in [0.3, 0.4) is 0 Å². The Hall–Kier alpha value is -0.441. The Morgan fingerprint density at radius 3 is 2.24 bits per heavy atom. The highest BCUT2D eigenvalue weighted by Crippen LogP contribution is 2.28. The number of hydrogen-bond donors (Lipinski definition) is 1. The van der Waals surface area contributed by atoms with Gasteiger partial charge in [-0.2, -0.15) is 0 Å². The highest BCUT2D eigenvalue weighted by atomic mass is 127. The molecule has 1 fully saturated rings. The summed E-state index contributed by atoms with van der Waals surface area (Å²) in [5.41, 5.74) is 0. The zero-order valence-electron chi connectivity index (χ0n) is 22.0. The summed E-state index contributed by atoms with van der Waals surface area (Å²) >= 11 is 2.48. The van der Waals surface area contributed by atoms with Gasteiger partial charge in [0.15, 0.2) is 0 Å². The van der Waals surface area contributed by atoms with Crippen molar-refractivity contribution in [2.45, 2.75) is 77.1 Å². The summed E-state index contributed by atoms with van der Waals surface area (Å²) in [5.74, 6) is 1.66. The minimum atomic E-state index is -1.34. The lowest BCUT2D eigenvalue weighted by Gasteiger charge is -2.30. The van der Waals surface area contributed by atoms with E-state index in [-0.39, 0.29) is 24.1 Å². The van der Waals surface area contributed by atoms with Gasteiger partial charge in [-0.05, 0) is 35.0 Å². The van der Waals surface area contributed by atoms with Crippen LogP contribution >= 0.6 is 22.6 Å². The number of aliphatic imine (C=N–C) groups is 2. The van der Waals surface area contributed by atoms with Gasteiger partial charge in [0.25, 0.3) is 0 Å². The van der Waals surface area contributed by atoms with E-state index in [9.17, 15) is 9.82 Å². The molecular weight excluding hydrogens is 568 g/mol. The Bertz CT molecular complexity index is 722. The Morgan fingerprint density at radius 2 is 1.82 bits per heavy atom. The summed E-state index contributed by atoms with van der Waals surface area (Å²) in [5, 5.41) is 9.54. The van der Waals surface area contributed by atoms with Gasteiger partial charge in [0.1, 0.15) is 12.1 Å². The van der Waals surface area contributed by atoms with Gasteiger partial charge in [-0.1, -0.05) is 62.6 Å². The van der Waals surface area contributed by atoms with Crippen LogP contribution in [0.15, 0.2) is 9.98 Å². The molecular formula is C21H43BIN3O5Si2. The van der Waals surface area contributed by atoms with E-state index in [1.165, 1.54) is 11.2 Å². The first-order chi connectivity index (χ1) is 15.2. The molecule has 0 amide bonds. The van der Waals surface area contributed by atoms with E-state index in [0.717, 1.165) is 30.1 Å². The fourth-order valence-electron chi connectivity index (χ4n) is 4.13. The second-order valence-corrected chi connectivity index (χ2v) is 23.1. The van der Waals surface area contributed by atoms with Crippen LogP contribution in [0.4, 0.5) is 0 Å². The monoisotopic (exact) mass is 611 g/mol. The number of ether oxygens (including phenoxy) is 3. The maximum absolute atomic E-state index is 11.5. The molecule has 2 aliphatic heterocycles. The first kappa shape index (κ1) is 30.6. The second kappa shape index (κ2) is 13.0. The van der Waals surface area contributed by atoms with Gasteiger partial charge < -0.3 is 24.0 Å². The van der Waals surface area contributed by atoms with E-state index in [0.29, 0.717) is 5.92 Å². The first-order valence-corrected chi connectivity index (χ1v) is 19.9. The lowest BCUT2D eigenvalue weighted by Crippen LogP contribution is -2.45. The summed E-state index contributed by atoms with van der Waals surface area (Å²) in [6, 6.07) is 1.72. The van der Waals surface area contributed by atoms with Crippen molar-refractivity contribution in [1.82, 2.24) is 4.81 Å². The lowest BCUT2D eigenvalue weighted by molar-refractivity contribution is -0.144. The molecule has 0 saturated carbocycles. The second-order valence-electron chi connectivity index (χ2n) is 10.8. The van der Waals surface area contributed by atoms with Crippen LogP contribution in [0.25, 0.3) is 0 Å². The van der Waals surface area contributed by atoms with Crippen molar-refractivity contribution >= 4 is 63.6 Å². The average Bonchev–Trinajstić information content (AvgIpc) is 3.08. The van der Waals surface area contributed by atoms with E-state index in [1.807, 2.05) is 4.81 Å². The van der Waals surface area contributed by atoms with Crippen molar-refractivity contribution in [3.8, 4) is 0 Å². The van der Waals surface area contributed by atoms with E-state index in [2.05, 4.69) is 62.6 Å². The number of hydrogen-bond acceptors (Lipinski definition) is 8. The van der Waals surface area contributed by atoms with Crippen LogP contribution in [0.5, 0.6) is 0 Å². The van der Waals surface area contributed by atoms with Crippen molar-refractivity contribution in [3.05, 3.63) is 0 Å². The number of methoxy groups -OCH3 is 3. The normalized spacial score (nSPS) is 24.9. The highest BCUT2D eigenvalue weighted by molar-refractivity contribution is 14.1. The average molecular weight is 611 g/mol. The number of alkyl halides is 1. The lowest BCUT2D eigenvalue weighted by atomic mass is 9.84. The summed E-state index contributed by atoms with van der Waals surface area (Å²) in [7, 11) is 1.61. The molecule has 0 aliphatic carbocycles. The van der Waals surface area contributed by atoms with Crippen LogP contribution in [0.2, 0.25) is 45.1 Å². The van der Waals surface area contributed by atoms with Crippen LogP contribution in [-0.4, -0.2) is 100 Å². The molecule has 0 aromatic carbocycles. The molecule has 0 spiro atoms. The molecule has 12 heteroatoms. The zero-order valence-corrected chi connectivity index (χ0v) is 26.2. The summed E-state index contributed by atoms with van der Waals surface area (Å²) in [4.78, 5) is 22.8. The molecule has 190 valence electrons. The number of nitrogens with zero attached hydrogens (tertiary/aromatic N) is 3. The third-order valence-corrected chi connectivity index (χ3v) is 17.1. The van der Waals surface area contributed by atoms with Crippen molar-refractivity contribution < 1.29 is 24.0 Å². The van der Waals surface area contributed by atoms with Crippen molar-refractivity contribution in [2.75, 3.05) is 31.5 Å². The molecule has 2 heterocycles. The smallest absolute Gasteiger partial charge is 0.376 e. The van der Waals surface area contributed by atoms with E-state index < -0.39 is 23.2 Å². The minimum absolute atomic E-state index is 0.0134. The zero-order chi connectivity index (χ0) is 25.6. The maximum atomic E-state index is 11.5. The quantitative estimate of drug-likeness (QED) is 0.215. The van der Waals surface area contributed by atoms with Crippen LogP contribution in [-0.2, 0) is 19.0 Å². The topological polar surface area (TPSA) is 93.0 Å². The third kappa shape index (κ3) is 8.93. The summed E-state index contributed by atoms with van der Waals surface area (Å²) in [6.45, 7) is 15.2. The van der Waals surface area contributed by atoms with E-state index in [4.69, 9.17) is 24.2 Å². The van der Waals surface area contributed by atoms with Crippen molar-refractivity contribution in [1.29, 1.82) is 0 Å². The number of carbonyl (C=O) groups excluding carboxylic acids is 1. The first-order valence-electron chi connectivity index (χ1n) is 11.5. The molecule has 3 atom stereocenters. The molecule has 33 heavy (non-hydrogen) atoms. The predicted octanol–water partition coefficient (Wildman–Crippen LogP) is 3.37. The Morgan fingerprint density at radius 1 is 1.24 bits per heavy atom. The van der Waals surface area contributed by atoms with Crippen LogP contribution < -0.4 is 0 Å². The van der Waals surface area contributed by atoms with Gasteiger partial charge in [0.2, 0.25) is 11.8 Å². The van der Waals surface area contributed by atoms with E-state index in [1.54, 1.807) is 21.0 Å². The third-order valence-electron chi connectivity index (χ3n) is 5.96. The van der Waals surface area contributed by atoms with Gasteiger partial charge in [0.05, 0.1) is 43.5 Å². The summed E-state index contributed by atoms with van der Waals surface area (Å²) < 4.78 is 16.9. The van der Waals surface area contributed by atoms with Gasteiger partial charge in [0, 0.05) is 0 Å². The fourth-order valence-corrected chi connectivity index (χ4v) is 9.53. The molecule has 2 aliphatic rings. The maximum Gasteiger partial charge on any atom is 0.376 e. The fraction of sp³-hybridized carbons (Fsp3) is 0.857. The van der Waals surface area contributed by atoms with Crippen molar-refractivity contribution in [2.24, 2.45) is 15.9 Å². The molecule has 0 aromatic heterocycles. The van der Waals surface area contributed by atoms with Gasteiger partial charge in [-0.25, -0.2) is 9.98 Å². The molecule has 2 rings (SSSR count). The molecule has 0 aromatic rings. The molecule has 0 radical (unpaired) electrons. The number of esters is 1. The SMILES string of the molecule is COC(=O)[C@@H]1C[Si](C)(C)CN1B(C)O.COC1=N[C@H](C(C)C)C(OC)=N[C@H]1C[Si](C)(C)CI. The number of carbonyl (C=O) groups is 1. The molecule has 0 unspecified atom stereocenters. The van der Waals surface area contributed by atoms with Crippen LogP contribution in [0.1, 0.15) is 13.8 Å². The Kier molecular flexibility index (Phi) is 12.1. The Balaban J connectivity index is 0.000000346. The van der Waals surface area contributed by atoms with Gasteiger partial charge in [-0.15, -0.1) is 0 Å². The van der Waals surface area contributed by atoms with Gasteiger partial charge in [-0.3, -0.25) is 4.79 Å².